The van der Waals surface area contributed by atoms with Crippen molar-refractivity contribution < 1.29 is 0 Å². The van der Waals surface area contributed by atoms with Crippen LogP contribution in [0.3, 0.4) is 0 Å². The molecule has 0 amide bonds. The second-order valence-corrected chi connectivity index (χ2v) is 4.67. The van der Waals surface area contributed by atoms with E-state index >= 15 is 0 Å². The number of hydrogen-bond donors (Lipinski definition) is 1. The Morgan fingerprint density at radius 3 is 2.33 bits per heavy atom. The molecule has 2 N–H and O–H groups in total. The minimum absolute atomic E-state index is 0.558. The van der Waals surface area contributed by atoms with Crippen molar-refractivity contribution in [2.45, 2.75) is 39.2 Å². The van der Waals surface area contributed by atoms with Gasteiger partial charge in [0.05, 0.1) is 0 Å². The van der Waals surface area contributed by atoms with Crippen molar-refractivity contribution in [1.82, 2.24) is 9.80 Å². The third-order valence-electron chi connectivity index (χ3n) is 3.45. The molecule has 1 unspecified atom stereocenters. The molecule has 1 aliphatic rings. The quantitative estimate of drug-likeness (QED) is 0.672. The maximum atomic E-state index is 5.68. The lowest BCUT2D eigenvalue weighted by Gasteiger charge is -2.37. The molecule has 0 saturated carbocycles. The molecular weight excluding hydrogens is 186 g/mol. The van der Waals surface area contributed by atoms with Gasteiger partial charge in [-0.05, 0) is 19.9 Å². The Morgan fingerprint density at radius 2 is 1.80 bits per heavy atom. The molecule has 0 radical (unpaired) electrons. The average molecular weight is 213 g/mol. The smallest absolute Gasteiger partial charge is 0.0191 e. The van der Waals surface area contributed by atoms with Crippen molar-refractivity contribution in [3.63, 3.8) is 0 Å². The largest absolute Gasteiger partial charge is 0.329 e. The van der Waals surface area contributed by atoms with Crippen LogP contribution in [0, 0.1) is 0 Å². The number of piperazine rings is 1. The highest BCUT2D eigenvalue weighted by atomic mass is 15.3. The molecule has 1 heterocycles. The van der Waals surface area contributed by atoms with Crippen LogP contribution in [0.25, 0.3) is 0 Å². The van der Waals surface area contributed by atoms with Gasteiger partial charge in [-0.15, -0.1) is 0 Å². The highest BCUT2D eigenvalue weighted by molar-refractivity contribution is 4.76. The van der Waals surface area contributed by atoms with Crippen LogP contribution in [0.1, 0.15) is 33.1 Å². The predicted octanol–water partition coefficient (Wildman–Crippen LogP) is 1.14. The first-order chi connectivity index (χ1) is 7.27. The summed E-state index contributed by atoms with van der Waals surface area (Å²) >= 11 is 0. The minimum atomic E-state index is 0.558. The third kappa shape index (κ3) is 4.49. The molecule has 3 heteroatoms. The van der Waals surface area contributed by atoms with Gasteiger partial charge in [0, 0.05) is 38.8 Å². The molecule has 0 aromatic carbocycles. The number of nitrogens with zero attached hydrogens (tertiary/aromatic N) is 2. The molecule has 0 aromatic rings. The summed E-state index contributed by atoms with van der Waals surface area (Å²) < 4.78 is 0. The van der Waals surface area contributed by atoms with Gasteiger partial charge in [-0.25, -0.2) is 0 Å². The van der Waals surface area contributed by atoms with Crippen molar-refractivity contribution in [3.05, 3.63) is 0 Å². The average Bonchev–Trinajstić information content (AvgIpc) is 2.29. The molecule has 0 aliphatic carbocycles. The van der Waals surface area contributed by atoms with Crippen molar-refractivity contribution in [1.29, 1.82) is 0 Å². The van der Waals surface area contributed by atoms with Crippen LogP contribution in [0.4, 0.5) is 0 Å². The van der Waals surface area contributed by atoms with Crippen LogP contribution < -0.4 is 5.73 Å². The van der Waals surface area contributed by atoms with Gasteiger partial charge in [0.1, 0.15) is 0 Å². The van der Waals surface area contributed by atoms with Gasteiger partial charge in [0.25, 0.3) is 0 Å². The molecule has 90 valence electrons. The van der Waals surface area contributed by atoms with E-state index in [4.69, 9.17) is 5.73 Å². The molecule has 1 rings (SSSR count). The number of unbranched alkanes of at least 4 members (excludes halogenated alkanes) is 2. The third-order valence-corrected chi connectivity index (χ3v) is 3.45. The van der Waals surface area contributed by atoms with Crippen molar-refractivity contribution >= 4 is 0 Å². The summed E-state index contributed by atoms with van der Waals surface area (Å²) in [5, 5.41) is 0. The Balaban J connectivity index is 2.12. The number of rotatable bonds is 6. The van der Waals surface area contributed by atoms with Gasteiger partial charge in [0.15, 0.2) is 0 Å². The summed E-state index contributed by atoms with van der Waals surface area (Å²) in [5.74, 6) is 0. The molecule has 15 heavy (non-hydrogen) atoms. The van der Waals surface area contributed by atoms with E-state index in [0.29, 0.717) is 6.04 Å². The van der Waals surface area contributed by atoms with Gasteiger partial charge in [-0.3, -0.25) is 4.90 Å². The lowest BCUT2D eigenvalue weighted by Crippen LogP contribution is -2.51. The zero-order chi connectivity index (χ0) is 11.1. The van der Waals surface area contributed by atoms with Crippen LogP contribution in [0.5, 0.6) is 0 Å². The van der Waals surface area contributed by atoms with E-state index in [2.05, 4.69) is 23.6 Å². The summed E-state index contributed by atoms with van der Waals surface area (Å²) in [6, 6.07) is 0.558. The Bertz CT molecular complexity index is 153. The predicted molar refractivity (Wildman–Crippen MR) is 66.1 cm³/mol. The molecule has 1 saturated heterocycles. The fourth-order valence-corrected chi connectivity index (χ4v) is 2.16. The zero-order valence-corrected chi connectivity index (χ0v) is 10.4. The molecule has 1 atom stereocenters. The van der Waals surface area contributed by atoms with Crippen LogP contribution >= 0.6 is 0 Å². The highest BCUT2D eigenvalue weighted by Crippen LogP contribution is 2.07. The summed E-state index contributed by atoms with van der Waals surface area (Å²) in [6.45, 7) is 11.4. The van der Waals surface area contributed by atoms with E-state index in [1.807, 2.05) is 0 Å². The topological polar surface area (TPSA) is 32.5 Å². The van der Waals surface area contributed by atoms with Gasteiger partial charge >= 0.3 is 0 Å². The number of nitrogens with two attached hydrogens (primary N) is 1. The molecule has 3 nitrogen and oxygen atoms in total. The van der Waals surface area contributed by atoms with Crippen molar-refractivity contribution in [2.24, 2.45) is 5.73 Å². The first kappa shape index (κ1) is 12.9. The first-order valence-corrected chi connectivity index (χ1v) is 6.44. The lowest BCUT2D eigenvalue weighted by molar-refractivity contribution is 0.104. The van der Waals surface area contributed by atoms with E-state index in [1.165, 1.54) is 52.0 Å². The van der Waals surface area contributed by atoms with Crippen LogP contribution in [-0.2, 0) is 0 Å². The van der Waals surface area contributed by atoms with Crippen molar-refractivity contribution in [2.75, 3.05) is 39.3 Å². The second kappa shape index (κ2) is 7.20. The van der Waals surface area contributed by atoms with Crippen LogP contribution in [0.2, 0.25) is 0 Å². The second-order valence-electron chi connectivity index (χ2n) is 4.67. The molecule has 0 aromatic heterocycles. The van der Waals surface area contributed by atoms with Gasteiger partial charge in [0.2, 0.25) is 0 Å². The van der Waals surface area contributed by atoms with Crippen molar-refractivity contribution in [3.8, 4) is 0 Å². The lowest BCUT2D eigenvalue weighted by atomic mass is 10.2. The maximum absolute atomic E-state index is 5.68. The Hall–Kier alpha value is -0.120. The fourth-order valence-electron chi connectivity index (χ4n) is 2.16. The fraction of sp³-hybridized carbons (Fsp3) is 1.00. The van der Waals surface area contributed by atoms with E-state index in [0.717, 1.165) is 6.54 Å². The van der Waals surface area contributed by atoms with Crippen LogP contribution in [-0.4, -0.2) is 55.1 Å². The molecule has 1 aliphatic heterocycles. The molecule has 0 bridgehead atoms. The Kier molecular flexibility index (Phi) is 6.22. The van der Waals surface area contributed by atoms with E-state index in [1.54, 1.807) is 0 Å². The minimum Gasteiger partial charge on any atom is -0.329 e. The van der Waals surface area contributed by atoms with E-state index < -0.39 is 0 Å². The first-order valence-electron chi connectivity index (χ1n) is 6.44. The molecule has 0 spiro atoms. The Morgan fingerprint density at radius 1 is 1.13 bits per heavy atom. The van der Waals surface area contributed by atoms with Gasteiger partial charge in [-0.1, -0.05) is 19.8 Å². The van der Waals surface area contributed by atoms with Gasteiger partial charge < -0.3 is 10.6 Å². The summed E-state index contributed by atoms with van der Waals surface area (Å²) in [4.78, 5) is 5.10. The number of hydrogen-bond acceptors (Lipinski definition) is 3. The van der Waals surface area contributed by atoms with E-state index in [9.17, 15) is 0 Å². The van der Waals surface area contributed by atoms with Crippen LogP contribution in [0.15, 0.2) is 0 Å². The monoisotopic (exact) mass is 213 g/mol. The van der Waals surface area contributed by atoms with Gasteiger partial charge in [-0.2, -0.15) is 0 Å². The molecule has 1 fully saturated rings. The maximum Gasteiger partial charge on any atom is 0.0191 e. The van der Waals surface area contributed by atoms with E-state index in [-0.39, 0.29) is 0 Å². The normalized spacial score (nSPS) is 21.8. The SMILES string of the molecule is CCCCCN1CCN(C(C)CN)CC1. The summed E-state index contributed by atoms with van der Waals surface area (Å²) in [7, 11) is 0. The standard InChI is InChI=1S/C12H27N3/c1-3-4-5-6-14-7-9-15(10-8-14)12(2)11-13/h12H,3-11,13H2,1-2H3. The molecular formula is C12H27N3. The zero-order valence-electron chi connectivity index (χ0n) is 10.4. The Labute approximate surface area is 94.6 Å². The highest BCUT2D eigenvalue weighted by Gasteiger charge is 2.19. The summed E-state index contributed by atoms with van der Waals surface area (Å²) in [5.41, 5.74) is 5.68. The summed E-state index contributed by atoms with van der Waals surface area (Å²) in [6.07, 6.45) is 4.06.